The highest BCUT2D eigenvalue weighted by atomic mass is 32.2. The number of sulfone groups is 1. The molecule has 0 spiro atoms. The first kappa shape index (κ1) is 22.2. The Morgan fingerprint density at radius 3 is 2.21 bits per heavy atom. The van der Waals surface area contributed by atoms with Crippen LogP contribution in [-0.4, -0.2) is 61.6 Å². The molecule has 0 amide bonds. The fourth-order valence-corrected chi connectivity index (χ4v) is 5.40. The Bertz CT molecular complexity index is 833. The van der Waals surface area contributed by atoms with Crippen LogP contribution in [0, 0.1) is 16.0 Å². The number of non-ortho nitro benzene ring substituents is 1. The second-order valence-corrected chi connectivity index (χ2v) is 9.19. The third-order valence-electron chi connectivity index (χ3n) is 5.23. The lowest BCUT2D eigenvalue weighted by Gasteiger charge is -2.48. The highest BCUT2D eigenvalue weighted by Crippen LogP contribution is 2.33. The molecule has 11 heteroatoms. The molecule has 0 saturated carbocycles. The molecule has 1 fully saturated rings. The number of carbonyl (C=O) groups excluding carboxylic acids is 1. The van der Waals surface area contributed by atoms with Crippen molar-refractivity contribution in [1.82, 2.24) is 5.43 Å². The molecule has 0 bridgehead atoms. The van der Waals surface area contributed by atoms with Gasteiger partial charge in [0, 0.05) is 12.1 Å². The Balaban J connectivity index is 2.61. The number of likely N-dealkylation sites (N-methyl/N-ethyl adjacent to an activating group) is 1. The zero-order valence-electron chi connectivity index (χ0n) is 16.1. The molecule has 1 saturated heterocycles. The summed E-state index contributed by atoms with van der Waals surface area (Å²) in [6.07, 6.45) is 0. The minimum Gasteiger partial charge on any atom is -0.547 e. The average molecular weight is 415 g/mol. The van der Waals surface area contributed by atoms with Gasteiger partial charge in [-0.05, 0) is 25.0 Å². The van der Waals surface area contributed by atoms with Gasteiger partial charge in [0.25, 0.3) is 5.69 Å². The summed E-state index contributed by atoms with van der Waals surface area (Å²) in [6.45, 7) is 6.76. The van der Waals surface area contributed by atoms with Gasteiger partial charge in [-0.1, -0.05) is 13.8 Å². The third kappa shape index (κ3) is 3.75. The van der Waals surface area contributed by atoms with Crippen molar-refractivity contribution in [2.24, 2.45) is 5.92 Å². The fourth-order valence-electron chi connectivity index (χ4n) is 3.38. The molecule has 1 aliphatic heterocycles. The molecular formula is C17H25N3O7S. The van der Waals surface area contributed by atoms with E-state index < -0.39 is 31.5 Å². The van der Waals surface area contributed by atoms with Crippen LogP contribution in [0.2, 0.25) is 0 Å². The van der Waals surface area contributed by atoms with Crippen molar-refractivity contribution in [3.63, 3.8) is 0 Å². The summed E-state index contributed by atoms with van der Waals surface area (Å²) in [5.41, 5.74) is 2.59. The topological polar surface area (TPSA) is 139 Å². The molecule has 1 atom stereocenters. The van der Waals surface area contributed by atoms with Crippen LogP contribution in [0.5, 0.6) is 0 Å². The maximum Gasteiger partial charge on any atom is 0.269 e. The van der Waals surface area contributed by atoms with Crippen LogP contribution in [0.3, 0.4) is 0 Å². The Labute approximate surface area is 163 Å². The number of ether oxygens (including phenoxy) is 1. The van der Waals surface area contributed by atoms with Crippen LogP contribution in [0.15, 0.2) is 29.2 Å². The summed E-state index contributed by atoms with van der Waals surface area (Å²) < 4.78 is 32.3. The second kappa shape index (κ2) is 8.11. The number of nitrogens with zero attached hydrogens (tertiary/aromatic N) is 2. The number of carbonyl (C=O) groups is 1. The maximum absolute atomic E-state index is 13.5. The molecule has 156 valence electrons. The van der Waals surface area contributed by atoms with E-state index >= 15 is 0 Å². The molecule has 10 nitrogen and oxygen atoms in total. The minimum atomic E-state index is -4.50. The SMILES string of the molecule is CC[N+]1(N[C@](C(=O)[O-])(C(C)C)S(=O)(=O)c2ccc([N+](=O)[O-])cc2)CCOCC1. The zero-order chi connectivity index (χ0) is 21.2. The van der Waals surface area contributed by atoms with Gasteiger partial charge < -0.3 is 14.6 Å². The Hall–Kier alpha value is -2.08. The van der Waals surface area contributed by atoms with Crippen LogP contribution in [-0.2, 0) is 19.4 Å². The number of hydrogen-bond acceptors (Lipinski definition) is 8. The predicted octanol–water partition coefficient (Wildman–Crippen LogP) is -0.158. The van der Waals surface area contributed by atoms with E-state index in [4.69, 9.17) is 4.74 Å². The van der Waals surface area contributed by atoms with Crippen LogP contribution >= 0.6 is 0 Å². The molecule has 28 heavy (non-hydrogen) atoms. The number of nitro groups is 1. The van der Waals surface area contributed by atoms with Crippen molar-refractivity contribution in [3.8, 4) is 0 Å². The molecule has 0 radical (unpaired) electrons. The molecule has 1 N–H and O–H groups in total. The first-order valence-corrected chi connectivity index (χ1v) is 10.4. The van der Waals surface area contributed by atoms with Gasteiger partial charge in [0.2, 0.25) is 14.7 Å². The van der Waals surface area contributed by atoms with Crippen molar-refractivity contribution in [2.45, 2.75) is 30.5 Å². The number of quaternary nitrogens is 1. The number of nitrogens with one attached hydrogen (secondary N) is 1. The van der Waals surface area contributed by atoms with E-state index in [1.807, 2.05) is 6.92 Å². The summed E-state index contributed by atoms with van der Waals surface area (Å²) in [5.74, 6) is -2.65. The number of benzene rings is 1. The molecular weight excluding hydrogens is 390 g/mol. The lowest BCUT2D eigenvalue weighted by molar-refractivity contribution is -0.977. The van der Waals surface area contributed by atoms with Gasteiger partial charge in [0.1, 0.15) is 13.1 Å². The van der Waals surface area contributed by atoms with E-state index in [0.717, 1.165) is 24.3 Å². The molecule has 0 aliphatic carbocycles. The van der Waals surface area contributed by atoms with Crippen LogP contribution in [0.4, 0.5) is 5.69 Å². The van der Waals surface area contributed by atoms with Crippen molar-refractivity contribution in [1.29, 1.82) is 0 Å². The van der Waals surface area contributed by atoms with Crippen LogP contribution in [0.1, 0.15) is 20.8 Å². The quantitative estimate of drug-likeness (QED) is 0.351. The Kier molecular flexibility index (Phi) is 6.44. The largest absolute Gasteiger partial charge is 0.547 e. The highest BCUT2D eigenvalue weighted by Gasteiger charge is 2.55. The number of aliphatic carboxylic acids is 1. The predicted molar refractivity (Wildman–Crippen MR) is 97.3 cm³/mol. The maximum atomic E-state index is 13.5. The van der Waals surface area contributed by atoms with E-state index in [0.29, 0.717) is 32.8 Å². The van der Waals surface area contributed by atoms with Gasteiger partial charge in [0.05, 0.1) is 35.5 Å². The normalized spacial score (nSPS) is 19.1. The van der Waals surface area contributed by atoms with Crippen LogP contribution < -0.4 is 10.5 Å². The van der Waals surface area contributed by atoms with Crippen molar-refractivity contribution < 1.29 is 32.6 Å². The molecule has 1 aromatic rings. The average Bonchev–Trinajstić information content (AvgIpc) is 2.66. The molecule has 1 aliphatic rings. The molecule has 1 heterocycles. The van der Waals surface area contributed by atoms with Crippen molar-refractivity contribution in [2.75, 3.05) is 32.8 Å². The summed E-state index contributed by atoms with van der Waals surface area (Å²) >= 11 is 0. The van der Waals surface area contributed by atoms with Gasteiger partial charge in [-0.3, -0.25) is 10.1 Å². The van der Waals surface area contributed by atoms with Gasteiger partial charge in [-0.25, -0.2) is 13.0 Å². The Morgan fingerprint density at radius 2 is 1.82 bits per heavy atom. The van der Waals surface area contributed by atoms with Gasteiger partial charge in [-0.15, -0.1) is 5.43 Å². The number of carboxylic acids is 1. The molecule has 0 unspecified atom stereocenters. The van der Waals surface area contributed by atoms with E-state index in [2.05, 4.69) is 5.43 Å². The number of nitro benzene ring substituents is 1. The number of morpholine rings is 1. The van der Waals surface area contributed by atoms with Gasteiger partial charge >= 0.3 is 0 Å². The van der Waals surface area contributed by atoms with E-state index in [1.165, 1.54) is 13.8 Å². The number of carboxylic acid groups (broad SMARTS) is 1. The monoisotopic (exact) mass is 415 g/mol. The van der Waals surface area contributed by atoms with Crippen LogP contribution in [0.25, 0.3) is 0 Å². The summed E-state index contributed by atoms with van der Waals surface area (Å²) in [4.78, 5) is 19.7. The summed E-state index contributed by atoms with van der Waals surface area (Å²) in [6, 6.07) is 4.16. The minimum absolute atomic E-state index is 0.0401. The summed E-state index contributed by atoms with van der Waals surface area (Å²) in [5, 5.41) is 23.1. The first-order chi connectivity index (χ1) is 13.0. The van der Waals surface area contributed by atoms with Gasteiger partial charge in [0.15, 0.2) is 0 Å². The standard InChI is InChI=1S/C17H25N3O7S/c1-4-20(9-11-27-12-10-20)18-17(13(2)3,16(21)22)28(25,26)15-7-5-14(6-8-15)19(23)24/h5-8,13,18H,4,9-12H2,1-3H3/t17-/m1/s1. The molecule has 0 aromatic heterocycles. The van der Waals surface area contributed by atoms with Crippen molar-refractivity contribution >= 4 is 21.5 Å². The van der Waals surface area contributed by atoms with E-state index in [9.17, 15) is 28.4 Å². The number of rotatable bonds is 8. The lowest BCUT2D eigenvalue weighted by atomic mass is 10.0. The third-order valence-corrected chi connectivity index (χ3v) is 7.70. The smallest absolute Gasteiger partial charge is 0.269 e. The van der Waals surface area contributed by atoms with E-state index in [1.54, 1.807) is 0 Å². The zero-order valence-corrected chi connectivity index (χ0v) is 16.9. The highest BCUT2D eigenvalue weighted by molar-refractivity contribution is 7.93. The first-order valence-electron chi connectivity index (χ1n) is 8.96. The van der Waals surface area contributed by atoms with E-state index in [-0.39, 0.29) is 15.2 Å². The second-order valence-electron chi connectivity index (χ2n) is 7.07. The molecule has 1 aromatic carbocycles. The summed E-state index contributed by atoms with van der Waals surface area (Å²) in [7, 11) is -4.50. The van der Waals surface area contributed by atoms with Crippen molar-refractivity contribution in [3.05, 3.63) is 34.4 Å². The molecule has 2 rings (SSSR count). The lowest BCUT2D eigenvalue weighted by Crippen LogP contribution is -2.77. The number of hydrogen-bond donors (Lipinski definition) is 1. The fraction of sp³-hybridized carbons (Fsp3) is 0.588. The Morgan fingerprint density at radius 1 is 1.29 bits per heavy atom. The van der Waals surface area contributed by atoms with Gasteiger partial charge in [-0.2, -0.15) is 0 Å².